The highest BCUT2D eigenvalue weighted by Gasteiger charge is 2.56. The summed E-state index contributed by atoms with van der Waals surface area (Å²) >= 11 is 0. The highest BCUT2D eigenvalue weighted by atomic mass is 16.1. The lowest BCUT2D eigenvalue weighted by atomic mass is 9.59. The Labute approximate surface area is 187 Å². The first-order valence-electron chi connectivity index (χ1n) is 10.9. The molecule has 0 saturated heterocycles. The van der Waals surface area contributed by atoms with Crippen molar-refractivity contribution in [2.75, 3.05) is 0 Å². The van der Waals surface area contributed by atoms with Crippen LogP contribution in [0.1, 0.15) is 74.2 Å². The topological polar surface area (TPSA) is 17.1 Å². The molecule has 0 aromatic heterocycles. The van der Waals surface area contributed by atoms with Gasteiger partial charge in [0.15, 0.2) is 6.29 Å². The summed E-state index contributed by atoms with van der Waals surface area (Å²) in [6.45, 7) is 13.9. The summed E-state index contributed by atoms with van der Waals surface area (Å²) in [5.41, 5.74) is 11.7. The fourth-order valence-electron chi connectivity index (χ4n) is 5.13. The third-order valence-electron chi connectivity index (χ3n) is 9.11. The molecule has 0 atom stereocenters. The summed E-state index contributed by atoms with van der Waals surface area (Å²) < 4.78 is 0. The molecule has 0 fully saturated rings. The average molecular weight is 390 g/mol. The van der Waals surface area contributed by atoms with Gasteiger partial charge in [-0.15, -0.1) is 16.4 Å². The van der Waals surface area contributed by atoms with Crippen LogP contribution < -0.4 is 27.3 Å². The summed E-state index contributed by atoms with van der Waals surface area (Å²) in [5, 5.41) is 0. The first kappa shape index (κ1) is 22.7. The van der Waals surface area contributed by atoms with Crippen molar-refractivity contribution < 1.29 is 4.79 Å². The predicted molar refractivity (Wildman–Crippen MR) is 145 cm³/mol. The SMILES string of the molecule is Bc1c(B)c(B)c(C#Cc2cc3c(cc2C=O)C(C)(C)C(C)(C)C3(C)C)c(B)c1B. The molecular formula is C24H31B5O. The van der Waals surface area contributed by atoms with Crippen LogP contribution in [0.25, 0.3) is 0 Å². The molecule has 0 unspecified atom stereocenters. The first-order valence-corrected chi connectivity index (χ1v) is 10.9. The normalized spacial score (nSPS) is 17.7. The zero-order chi connectivity index (χ0) is 22.8. The maximum atomic E-state index is 12.0. The lowest BCUT2D eigenvalue weighted by molar-refractivity contribution is 0.112. The molecule has 0 spiro atoms. The van der Waals surface area contributed by atoms with Crippen LogP contribution in [0.5, 0.6) is 0 Å². The van der Waals surface area contributed by atoms with Crippen molar-refractivity contribution in [3.8, 4) is 11.8 Å². The summed E-state index contributed by atoms with van der Waals surface area (Å²) in [6, 6.07) is 4.27. The Bertz CT molecular complexity index is 1120. The predicted octanol–water partition coefficient (Wildman–Crippen LogP) is -3.21. The van der Waals surface area contributed by atoms with Crippen LogP contribution in [0.2, 0.25) is 0 Å². The van der Waals surface area contributed by atoms with E-state index in [4.69, 9.17) is 0 Å². The van der Waals surface area contributed by atoms with E-state index < -0.39 is 0 Å². The molecule has 6 heteroatoms. The average Bonchev–Trinajstić information content (AvgIpc) is 2.78. The van der Waals surface area contributed by atoms with Crippen molar-refractivity contribution in [2.45, 2.75) is 52.4 Å². The Morgan fingerprint density at radius 2 is 1.13 bits per heavy atom. The number of carbonyl (C=O) groups is 1. The third kappa shape index (κ3) is 2.89. The van der Waals surface area contributed by atoms with Gasteiger partial charge in [0.2, 0.25) is 0 Å². The molecule has 2 aromatic rings. The first-order chi connectivity index (χ1) is 13.7. The largest absolute Gasteiger partial charge is 0.298 e. The molecule has 148 valence electrons. The number of fused-ring (bicyclic) bond motifs is 1. The van der Waals surface area contributed by atoms with E-state index in [1.807, 2.05) is 0 Å². The Morgan fingerprint density at radius 3 is 1.60 bits per heavy atom. The Hall–Kier alpha value is -2.01. The minimum absolute atomic E-state index is 0.00739. The zero-order valence-corrected chi connectivity index (χ0v) is 20.6. The summed E-state index contributed by atoms with van der Waals surface area (Å²) in [5.74, 6) is 6.81. The van der Waals surface area contributed by atoms with Crippen LogP contribution in [-0.4, -0.2) is 45.5 Å². The highest BCUT2D eigenvalue weighted by Crippen LogP contribution is 2.61. The van der Waals surface area contributed by atoms with Crippen molar-refractivity contribution in [1.29, 1.82) is 0 Å². The van der Waals surface area contributed by atoms with E-state index in [-0.39, 0.29) is 16.2 Å². The highest BCUT2D eigenvalue weighted by molar-refractivity contribution is 6.67. The quantitative estimate of drug-likeness (QED) is 0.285. The molecular weight excluding hydrogens is 358 g/mol. The molecule has 1 aliphatic rings. The minimum Gasteiger partial charge on any atom is -0.298 e. The van der Waals surface area contributed by atoms with Gasteiger partial charge in [-0.1, -0.05) is 64.3 Å². The van der Waals surface area contributed by atoms with E-state index in [1.165, 1.54) is 38.4 Å². The fourth-order valence-corrected chi connectivity index (χ4v) is 5.13. The molecule has 1 nitrogen and oxygen atoms in total. The van der Waals surface area contributed by atoms with Gasteiger partial charge in [-0.3, -0.25) is 4.79 Å². The number of carbonyl (C=O) groups excluding carboxylic acids is 1. The van der Waals surface area contributed by atoms with Crippen molar-refractivity contribution in [2.24, 2.45) is 5.41 Å². The van der Waals surface area contributed by atoms with E-state index in [9.17, 15) is 4.79 Å². The molecule has 0 amide bonds. The molecule has 3 rings (SSSR count). The number of rotatable bonds is 1. The van der Waals surface area contributed by atoms with Gasteiger partial charge in [0.1, 0.15) is 39.2 Å². The molecule has 0 N–H and O–H groups in total. The fraction of sp³-hybridized carbons (Fsp3) is 0.375. The van der Waals surface area contributed by atoms with Gasteiger partial charge < -0.3 is 0 Å². The molecule has 0 heterocycles. The van der Waals surface area contributed by atoms with Gasteiger partial charge in [0, 0.05) is 16.7 Å². The molecule has 0 saturated carbocycles. The standard InChI is InChI=1S/C24H31B5O/c1-22(2)15-9-12(13(11-30)10-16(15)23(3,4)24(22,5)6)7-8-14-17(25)19(27)21(29)20(28)18(14)26/h9-11H,25-29H2,1-6H3. The number of benzene rings is 2. The van der Waals surface area contributed by atoms with Crippen LogP contribution >= 0.6 is 0 Å². The third-order valence-corrected chi connectivity index (χ3v) is 9.11. The maximum Gasteiger partial charge on any atom is 0.151 e. The van der Waals surface area contributed by atoms with Crippen molar-refractivity contribution in [1.82, 2.24) is 0 Å². The lowest BCUT2D eigenvalue weighted by Gasteiger charge is -2.44. The summed E-state index contributed by atoms with van der Waals surface area (Å²) in [7, 11) is 10.8. The Kier molecular flexibility index (Phi) is 5.30. The van der Waals surface area contributed by atoms with E-state index in [1.54, 1.807) is 0 Å². The van der Waals surface area contributed by atoms with Crippen molar-refractivity contribution in [3.63, 3.8) is 0 Å². The number of hydrogen-bond acceptors (Lipinski definition) is 1. The van der Waals surface area contributed by atoms with Crippen molar-refractivity contribution >= 4 is 72.8 Å². The van der Waals surface area contributed by atoms with Crippen LogP contribution in [0.4, 0.5) is 0 Å². The number of aldehydes is 1. The number of hydrogen-bond donors (Lipinski definition) is 0. The van der Waals surface area contributed by atoms with Crippen LogP contribution in [0.15, 0.2) is 12.1 Å². The van der Waals surface area contributed by atoms with Crippen LogP contribution in [-0.2, 0) is 10.8 Å². The van der Waals surface area contributed by atoms with Gasteiger partial charge in [-0.25, -0.2) is 0 Å². The lowest BCUT2D eigenvalue weighted by Crippen LogP contribution is -2.55. The second kappa shape index (κ2) is 7.01. The molecule has 0 aliphatic heterocycles. The summed E-state index contributed by atoms with van der Waals surface area (Å²) in [4.78, 5) is 12.0. The molecule has 0 bridgehead atoms. The Balaban J connectivity index is 2.26. The van der Waals surface area contributed by atoms with Gasteiger partial charge in [-0.05, 0) is 39.5 Å². The van der Waals surface area contributed by atoms with Crippen molar-refractivity contribution in [3.05, 3.63) is 39.9 Å². The summed E-state index contributed by atoms with van der Waals surface area (Å²) in [6.07, 6.45) is 0.962. The van der Waals surface area contributed by atoms with Crippen LogP contribution in [0, 0.1) is 17.3 Å². The second-order valence-electron chi connectivity index (χ2n) is 10.7. The van der Waals surface area contributed by atoms with Gasteiger partial charge in [-0.2, -0.15) is 0 Å². The van der Waals surface area contributed by atoms with Gasteiger partial charge in [0.05, 0.1) is 0 Å². The molecule has 2 aromatic carbocycles. The molecule has 1 aliphatic carbocycles. The monoisotopic (exact) mass is 390 g/mol. The van der Waals surface area contributed by atoms with Gasteiger partial charge in [0.25, 0.3) is 0 Å². The smallest absolute Gasteiger partial charge is 0.151 e. The molecule has 30 heavy (non-hydrogen) atoms. The minimum atomic E-state index is -0.0199. The van der Waals surface area contributed by atoms with E-state index >= 15 is 0 Å². The van der Waals surface area contributed by atoms with E-state index in [0.29, 0.717) is 5.56 Å². The molecule has 0 radical (unpaired) electrons. The van der Waals surface area contributed by atoms with E-state index in [0.717, 1.165) is 17.4 Å². The van der Waals surface area contributed by atoms with E-state index in [2.05, 4.69) is 105 Å². The second-order valence-corrected chi connectivity index (χ2v) is 10.7. The van der Waals surface area contributed by atoms with Gasteiger partial charge >= 0.3 is 0 Å². The Morgan fingerprint density at radius 1 is 0.700 bits per heavy atom. The maximum absolute atomic E-state index is 12.0. The zero-order valence-electron chi connectivity index (χ0n) is 20.6. The van der Waals surface area contributed by atoms with Crippen LogP contribution in [0.3, 0.4) is 0 Å².